The van der Waals surface area contributed by atoms with Crippen LogP contribution in [0, 0.1) is 0 Å². The Bertz CT molecular complexity index is 760. The number of halogens is 1. The van der Waals surface area contributed by atoms with Gasteiger partial charge in [0.2, 0.25) is 6.29 Å². The minimum Gasteiger partial charge on any atom is -0.459 e. The number of ether oxygens (including phenoxy) is 3. The van der Waals surface area contributed by atoms with Crippen molar-refractivity contribution in [3.8, 4) is 11.1 Å². The first kappa shape index (κ1) is 18.1. The first-order chi connectivity index (χ1) is 12.5. The highest BCUT2D eigenvalue weighted by molar-refractivity contribution is 5.90. The molecule has 1 aliphatic rings. The molecule has 5 nitrogen and oxygen atoms in total. The number of esters is 2. The maximum atomic E-state index is 13.9. The lowest BCUT2D eigenvalue weighted by Crippen LogP contribution is -2.26. The van der Waals surface area contributed by atoms with E-state index >= 15 is 0 Å². The summed E-state index contributed by atoms with van der Waals surface area (Å²) in [6, 6.07) is 16.7. The SMILES string of the molecule is CC(=O)O[C@@H]1C[C@H](F)[C@@H](COC(=O)c2ccc(-c3ccccc3)cc2)O1. The van der Waals surface area contributed by atoms with E-state index in [2.05, 4.69) is 0 Å². The van der Waals surface area contributed by atoms with Crippen molar-refractivity contribution in [2.75, 3.05) is 6.61 Å². The van der Waals surface area contributed by atoms with Gasteiger partial charge in [0, 0.05) is 13.3 Å². The molecule has 1 fully saturated rings. The molecule has 0 aromatic heterocycles. The quantitative estimate of drug-likeness (QED) is 0.765. The lowest BCUT2D eigenvalue weighted by Gasteiger charge is -2.14. The molecule has 2 aromatic rings. The summed E-state index contributed by atoms with van der Waals surface area (Å²) < 4.78 is 29.1. The average Bonchev–Trinajstić information content (AvgIpc) is 2.99. The Balaban J connectivity index is 1.54. The topological polar surface area (TPSA) is 61.8 Å². The van der Waals surface area contributed by atoms with E-state index in [0.717, 1.165) is 11.1 Å². The molecule has 0 aliphatic carbocycles. The molecule has 0 spiro atoms. The van der Waals surface area contributed by atoms with Crippen molar-refractivity contribution in [2.24, 2.45) is 0 Å². The van der Waals surface area contributed by atoms with Crippen LogP contribution in [0.2, 0.25) is 0 Å². The normalized spacial score (nSPS) is 22.0. The molecular formula is C20H19FO5. The van der Waals surface area contributed by atoms with Gasteiger partial charge in [-0.2, -0.15) is 0 Å². The molecule has 2 aromatic carbocycles. The average molecular weight is 358 g/mol. The summed E-state index contributed by atoms with van der Waals surface area (Å²) in [7, 11) is 0. The van der Waals surface area contributed by atoms with Gasteiger partial charge in [-0.25, -0.2) is 9.18 Å². The Morgan fingerprint density at radius 2 is 1.73 bits per heavy atom. The molecule has 136 valence electrons. The number of alkyl halides is 1. The summed E-state index contributed by atoms with van der Waals surface area (Å²) >= 11 is 0. The third-order valence-corrected chi connectivity index (χ3v) is 4.05. The van der Waals surface area contributed by atoms with Crippen LogP contribution >= 0.6 is 0 Å². The molecule has 3 atom stereocenters. The standard InChI is InChI=1S/C20H19FO5/c1-13(22)25-19-11-17(21)18(26-19)12-24-20(23)16-9-7-15(8-10-16)14-5-3-2-4-6-14/h2-10,17-19H,11-12H2,1H3/t17-,18+,19-/m0/s1. The van der Waals surface area contributed by atoms with Crippen molar-refractivity contribution >= 4 is 11.9 Å². The van der Waals surface area contributed by atoms with Gasteiger partial charge in [-0.15, -0.1) is 0 Å². The second kappa shape index (κ2) is 8.10. The van der Waals surface area contributed by atoms with Gasteiger partial charge in [0.1, 0.15) is 18.9 Å². The van der Waals surface area contributed by atoms with Crippen molar-refractivity contribution in [3.63, 3.8) is 0 Å². The molecule has 1 heterocycles. The molecule has 1 saturated heterocycles. The summed E-state index contributed by atoms with van der Waals surface area (Å²) in [6.07, 6.45) is -3.29. The first-order valence-electron chi connectivity index (χ1n) is 8.32. The maximum Gasteiger partial charge on any atom is 0.338 e. The molecule has 0 bridgehead atoms. The zero-order valence-electron chi connectivity index (χ0n) is 14.3. The van der Waals surface area contributed by atoms with Gasteiger partial charge >= 0.3 is 11.9 Å². The van der Waals surface area contributed by atoms with E-state index in [4.69, 9.17) is 14.2 Å². The van der Waals surface area contributed by atoms with Gasteiger partial charge in [-0.1, -0.05) is 42.5 Å². The van der Waals surface area contributed by atoms with E-state index in [1.165, 1.54) is 6.92 Å². The number of hydrogen-bond donors (Lipinski definition) is 0. The number of carbonyl (C=O) groups is 2. The van der Waals surface area contributed by atoms with Crippen LogP contribution in [0.15, 0.2) is 54.6 Å². The Kier molecular flexibility index (Phi) is 5.63. The van der Waals surface area contributed by atoms with E-state index < -0.39 is 30.5 Å². The van der Waals surface area contributed by atoms with Crippen molar-refractivity contribution in [2.45, 2.75) is 31.9 Å². The van der Waals surface area contributed by atoms with E-state index in [1.54, 1.807) is 12.1 Å². The predicted octanol–water partition coefficient (Wildman–Crippen LogP) is 3.53. The van der Waals surface area contributed by atoms with Crippen LogP contribution in [0.5, 0.6) is 0 Å². The zero-order chi connectivity index (χ0) is 18.5. The Morgan fingerprint density at radius 1 is 1.08 bits per heavy atom. The van der Waals surface area contributed by atoms with E-state index in [1.807, 2.05) is 42.5 Å². The molecule has 0 unspecified atom stereocenters. The minimum absolute atomic E-state index is 0.0619. The fraction of sp³-hybridized carbons (Fsp3) is 0.300. The second-order valence-corrected chi connectivity index (χ2v) is 6.01. The fourth-order valence-electron chi connectivity index (χ4n) is 2.75. The van der Waals surface area contributed by atoms with Gasteiger partial charge in [-0.3, -0.25) is 4.79 Å². The molecule has 26 heavy (non-hydrogen) atoms. The van der Waals surface area contributed by atoms with Crippen molar-refractivity contribution < 1.29 is 28.2 Å². The molecule has 0 amide bonds. The van der Waals surface area contributed by atoms with Crippen LogP contribution in [0.3, 0.4) is 0 Å². The predicted molar refractivity (Wildman–Crippen MR) is 92.1 cm³/mol. The van der Waals surface area contributed by atoms with Crippen LogP contribution in [0.1, 0.15) is 23.7 Å². The highest BCUT2D eigenvalue weighted by atomic mass is 19.1. The number of rotatable bonds is 5. The van der Waals surface area contributed by atoms with E-state index in [9.17, 15) is 14.0 Å². The van der Waals surface area contributed by atoms with Crippen molar-refractivity contribution in [1.29, 1.82) is 0 Å². The molecular weight excluding hydrogens is 339 g/mol. The highest BCUT2D eigenvalue weighted by Gasteiger charge is 2.38. The van der Waals surface area contributed by atoms with Crippen LogP contribution < -0.4 is 0 Å². The third-order valence-electron chi connectivity index (χ3n) is 4.05. The summed E-state index contributed by atoms with van der Waals surface area (Å²) in [4.78, 5) is 23.0. The van der Waals surface area contributed by atoms with Crippen molar-refractivity contribution in [3.05, 3.63) is 60.2 Å². The van der Waals surface area contributed by atoms with Gasteiger partial charge in [0.25, 0.3) is 0 Å². The first-order valence-corrected chi connectivity index (χ1v) is 8.32. The Morgan fingerprint density at radius 3 is 2.38 bits per heavy atom. The minimum atomic E-state index is -1.35. The summed E-state index contributed by atoms with van der Waals surface area (Å²) in [5, 5.41) is 0. The lowest BCUT2D eigenvalue weighted by atomic mass is 10.0. The highest BCUT2D eigenvalue weighted by Crippen LogP contribution is 2.25. The van der Waals surface area contributed by atoms with Crippen molar-refractivity contribution in [1.82, 2.24) is 0 Å². The molecule has 6 heteroatoms. The van der Waals surface area contributed by atoms with E-state index in [0.29, 0.717) is 5.56 Å². The van der Waals surface area contributed by atoms with Crippen LogP contribution in [-0.2, 0) is 19.0 Å². The third kappa shape index (κ3) is 4.46. The molecule has 0 N–H and O–H groups in total. The number of carbonyl (C=O) groups excluding carboxylic acids is 2. The summed E-state index contributed by atoms with van der Waals surface area (Å²) in [5.41, 5.74) is 2.40. The Labute approximate surface area is 150 Å². The van der Waals surface area contributed by atoms with Gasteiger partial charge in [0.15, 0.2) is 0 Å². The molecule has 0 radical (unpaired) electrons. The smallest absolute Gasteiger partial charge is 0.338 e. The van der Waals surface area contributed by atoms with Gasteiger partial charge < -0.3 is 14.2 Å². The maximum absolute atomic E-state index is 13.9. The lowest BCUT2D eigenvalue weighted by molar-refractivity contribution is -0.175. The van der Waals surface area contributed by atoms with Crippen LogP contribution in [0.4, 0.5) is 4.39 Å². The number of benzene rings is 2. The molecule has 3 rings (SSSR count). The van der Waals surface area contributed by atoms with Crippen LogP contribution in [-0.4, -0.2) is 37.1 Å². The van der Waals surface area contributed by atoms with E-state index in [-0.39, 0.29) is 13.0 Å². The molecule has 0 saturated carbocycles. The monoisotopic (exact) mass is 358 g/mol. The Hall–Kier alpha value is -2.73. The molecule has 1 aliphatic heterocycles. The van der Waals surface area contributed by atoms with Gasteiger partial charge in [0.05, 0.1) is 5.56 Å². The van der Waals surface area contributed by atoms with Crippen LogP contribution in [0.25, 0.3) is 11.1 Å². The van der Waals surface area contributed by atoms with Gasteiger partial charge in [-0.05, 0) is 23.3 Å². The second-order valence-electron chi connectivity index (χ2n) is 6.01. The largest absolute Gasteiger partial charge is 0.459 e. The summed E-state index contributed by atoms with van der Waals surface area (Å²) in [5.74, 6) is -1.10. The fourth-order valence-corrected chi connectivity index (χ4v) is 2.75. The zero-order valence-corrected chi connectivity index (χ0v) is 14.3. The summed E-state index contributed by atoms with van der Waals surface area (Å²) in [6.45, 7) is 0.987. The number of hydrogen-bond acceptors (Lipinski definition) is 5.